The van der Waals surface area contributed by atoms with E-state index in [9.17, 15) is 10.1 Å². The van der Waals surface area contributed by atoms with Gasteiger partial charge in [-0.05, 0) is 53.6 Å². The van der Waals surface area contributed by atoms with Crippen molar-refractivity contribution in [3.8, 4) is 6.07 Å². The molecule has 1 aliphatic rings. The molecule has 1 fully saturated rings. The summed E-state index contributed by atoms with van der Waals surface area (Å²) in [4.78, 5) is 22.2. The standard InChI is InChI=1S/C28H23N5O/c1-19-16-26(33-25-9-5-4-8-24(25)30-27(33)23(19)18-29)31-12-14-32(15-13-31)28(34)22-11-10-20-6-2-3-7-21(20)17-22/h2-11,16-17H,12-15H2,1H3. The Hall–Kier alpha value is -4.37. The van der Waals surface area contributed by atoms with Gasteiger partial charge >= 0.3 is 0 Å². The number of fused-ring (bicyclic) bond motifs is 4. The molecule has 0 spiro atoms. The number of carbonyl (C=O) groups is 1. The number of para-hydroxylation sites is 2. The summed E-state index contributed by atoms with van der Waals surface area (Å²) < 4.78 is 2.09. The molecule has 1 aliphatic heterocycles. The fraction of sp³-hybridized carbons (Fsp3) is 0.179. The van der Waals surface area contributed by atoms with E-state index in [-0.39, 0.29) is 5.91 Å². The van der Waals surface area contributed by atoms with E-state index in [0.29, 0.717) is 37.4 Å². The number of aryl methyl sites for hydroxylation is 1. The van der Waals surface area contributed by atoms with Crippen LogP contribution in [0, 0.1) is 18.3 Å². The average Bonchev–Trinajstić information content (AvgIpc) is 3.27. The predicted octanol–water partition coefficient (Wildman–Crippen LogP) is 4.78. The summed E-state index contributed by atoms with van der Waals surface area (Å²) in [5.74, 6) is 1.08. The largest absolute Gasteiger partial charge is 0.354 e. The van der Waals surface area contributed by atoms with Gasteiger partial charge in [0.25, 0.3) is 5.91 Å². The Morgan fingerprint density at radius 1 is 0.912 bits per heavy atom. The van der Waals surface area contributed by atoms with Crippen LogP contribution < -0.4 is 4.90 Å². The number of anilines is 1. The highest BCUT2D eigenvalue weighted by Crippen LogP contribution is 2.29. The molecule has 3 aromatic carbocycles. The Morgan fingerprint density at radius 2 is 1.65 bits per heavy atom. The van der Waals surface area contributed by atoms with Crippen molar-refractivity contribution in [1.82, 2.24) is 14.3 Å². The van der Waals surface area contributed by atoms with Crippen LogP contribution in [0.4, 0.5) is 5.82 Å². The topological polar surface area (TPSA) is 64.6 Å². The molecule has 1 amide bonds. The molecule has 6 nitrogen and oxygen atoms in total. The number of hydrogen-bond acceptors (Lipinski definition) is 4. The van der Waals surface area contributed by atoms with Crippen molar-refractivity contribution in [3.63, 3.8) is 0 Å². The maximum Gasteiger partial charge on any atom is 0.253 e. The zero-order valence-electron chi connectivity index (χ0n) is 18.9. The fourth-order valence-electron chi connectivity index (χ4n) is 4.95. The Kier molecular flexibility index (Phi) is 4.70. The molecule has 1 saturated heterocycles. The van der Waals surface area contributed by atoms with Gasteiger partial charge in [-0.1, -0.05) is 42.5 Å². The van der Waals surface area contributed by atoms with Crippen molar-refractivity contribution in [2.45, 2.75) is 6.92 Å². The van der Waals surface area contributed by atoms with E-state index in [1.807, 2.05) is 72.5 Å². The van der Waals surface area contributed by atoms with Gasteiger partial charge in [-0.2, -0.15) is 5.26 Å². The van der Waals surface area contributed by atoms with E-state index in [1.165, 1.54) is 0 Å². The smallest absolute Gasteiger partial charge is 0.253 e. The van der Waals surface area contributed by atoms with Gasteiger partial charge in [0, 0.05) is 31.7 Å². The fourth-order valence-corrected chi connectivity index (χ4v) is 4.95. The molecule has 5 aromatic rings. The third-order valence-corrected chi connectivity index (χ3v) is 6.75. The summed E-state index contributed by atoms with van der Waals surface area (Å²) in [7, 11) is 0. The summed E-state index contributed by atoms with van der Waals surface area (Å²) >= 11 is 0. The lowest BCUT2D eigenvalue weighted by Crippen LogP contribution is -2.49. The lowest BCUT2D eigenvalue weighted by molar-refractivity contribution is 0.0746. The van der Waals surface area contributed by atoms with Crippen LogP contribution in [-0.2, 0) is 0 Å². The number of carbonyl (C=O) groups excluding carboxylic acids is 1. The number of pyridine rings is 1. The molecule has 2 aromatic heterocycles. The second-order valence-corrected chi connectivity index (χ2v) is 8.77. The number of imidazole rings is 1. The van der Waals surface area contributed by atoms with Gasteiger partial charge in [0.15, 0.2) is 5.65 Å². The van der Waals surface area contributed by atoms with Crippen LogP contribution in [-0.4, -0.2) is 46.4 Å². The SMILES string of the molecule is Cc1cc(N2CCN(C(=O)c3ccc4ccccc4c3)CC2)n2c(nc3ccccc32)c1C#N. The van der Waals surface area contributed by atoms with Crippen LogP contribution in [0.5, 0.6) is 0 Å². The van der Waals surface area contributed by atoms with Crippen LogP contribution in [0.15, 0.2) is 72.8 Å². The van der Waals surface area contributed by atoms with Crippen molar-refractivity contribution >= 4 is 39.2 Å². The lowest BCUT2D eigenvalue weighted by atomic mass is 10.1. The first-order chi connectivity index (χ1) is 16.6. The summed E-state index contributed by atoms with van der Waals surface area (Å²) in [5.41, 5.74) is 4.78. The Labute approximate surface area is 197 Å². The molecule has 0 aliphatic carbocycles. The highest BCUT2D eigenvalue weighted by atomic mass is 16.2. The number of rotatable bonds is 2. The molecular formula is C28H23N5O. The third kappa shape index (κ3) is 3.17. The molecule has 3 heterocycles. The van der Waals surface area contributed by atoms with Crippen molar-refractivity contribution in [1.29, 1.82) is 5.26 Å². The van der Waals surface area contributed by atoms with E-state index in [4.69, 9.17) is 4.98 Å². The summed E-state index contributed by atoms with van der Waals surface area (Å²) in [5, 5.41) is 12.0. The molecule has 34 heavy (non-hydrogen) atoms. The summed E-state index contributed by atoms with van der Waals surface area (Å²) in [6.45, 7) is 4.66. The number of piperazine rings is 1. The van der Waals surface area contributed by atoms with Crippen molar-refractivity contribution in [2.24, 2.45) is 0 Å². The number of nitrogens with zero attached hydrogens (tertiary/aromatic N) is 5. The molecule has 166 valence electrons. The van der Waals surface area contributed by atoms with E-state index >= 15 is 0 Å². The predicted molar refractivity (Wildman–Crippen MR) is 134 cm³/mol. The van der Waals surface area contributed by atoms with E-state index in [0.717, 1.165) is 38.8 Å². The van der Waals surface area contributed by atoms with Crippen LogP contribution >= 0.6 is 0 Å². The van der Waals surface area contributed by atoms with E-state index in [2.05, 4.69) is 27.5 Å². The molecule has 0 atom stereocenters. The van der Waals surface area contributed by atoms with Crippen molar-refractivity contribution in [3.05, 3.63) is 89.5 Å². The molecule has 6 rings (SSSR count). The minimum Gasteiger partial charge on any atom is -0.354 e. The Morgan fingerprint density at radius 3 is 2.44 bits per heavy atom. The van der Waals surface area contributed by atoms with Gasteiger partial charge in [0.05, 0.1) is 16.6 Å². The van der Waals surface area contributed by atoms with Gasteiger partial charge in [-0.15, -0.1) is 0 Å². The van der Waals surface area contributed by atoms with Crippen LogP contribution in [0.25, 0.3) is 27.5 Å². The maximum absolute atomic E-state index is 13.2. The summed E-state index contributed by atoms with van der Waals surface area (Å²) in [6.07, 6.45) is 0. The normalized spacial score (nSPS) is 14.1. The number of amides is 1. The summed E-state index contributed by atoms with van der Waals surface area (Å²) in [6, 6.07) is 26.4. The molecular weight excluding hydrogens is 422 g/mol. The Balaban J connectivity index is 1.31. The van der Waals surface area contributed by atoms with Crippen LogP contribution in [0.3, 0.4) is 0 Å². The van der Waals surface area contributed by atoms with Gasteiger partial charge in [-0.25, -0.2) is 4.98 Å². The first-order valence-electron chi connectivity index (χ1n) is 11.5. The van der Waals surface area contributed by atoms with Gasteiger partial charge in [0.1, 0.15) is 11.9 Å². The highest BCUT2D eigenvalue weighted by Gasteiger charge is 2.25. The highest BCUT2D eigenvalue weighted by molar-refractivity contribution is 5.98. The molecule has 0 bridgehead atoms. The first-order valence-corrected chi connectivity index (χ1v) is 11.5. The quantitative estimate of drug-likeness (QED) is 0.392. The number of nitriles is 1. The maximum atomic E-state index is 13.2. The molecule has 6 heteroatoms. The molecule has 0 saturated carbocycles. The molecule has 0 unspecified atom stereocenters. The van der Waals surface area contributed by atoms with Crippen LogP contribution in [0.2, 0.25) is 0 Å². The van der Waals surface area contributed by atoms with Crippen LogP contribution in [0.1, 0.15) is 21.5 Å². The molecule has 0 radical (unpaired) electrons. The number of benzene rings is 3. The monoisotopic (exact) mass is 445 g/mol. The minimum atomic E-state index is 0.0691. The zero-order chi connectivity index (χ0) is 23.2. The van der Waals surface area contributed by atoms with Gasteiger partial charge in [-0.3, -0.25) is 9.20 Å². The second-order valence-electron chi connectivity index (χ2n) is 8.77. The molecule has 0 N–H and O–H groups in total. The Bertz CT molecular complexity index is 1620. The van der Waals surface area contributed by atoms with Gasteiger partial charge in [0.2, 0.25) is 0 Å². The second kappa shape index (κ2) is 7.89. The third-order valence-electron chi connectivity index (χ3n) is 6.75. The van der Waals surface area contributed by atoms with E-state index in [1.54, 1.807) is 0 Å². The first kappa shape index (κ1) is 20.3. The van der Waals surface area contributed by atoms with E-state index < -0.39 is 0 Å². The van der Waals surface area contributed by atoms with Crippen molar-refractivity contribution < 1.29 is 4.79 Å². The van der Waals surface area contributed by atoms with Gasteiger partial charge < -0.3 is 9.80 Å². The lowest BCUT2D eigenvalue weighted by Gasteiger charge is -2.36. The van der Waals surface area contributed by atoms with Crippen molar-refractivity contribution in [2.75, 3.05) is 31.1 Å². The average molecular weight is 446 g/mol. The zero-order valence-corrected chi connectivity index (χ0v) is 18.9. The number of aromatic nitrogens is 2. The number of hydrogen-bond donors (Lipinski definition) is 0. The minimum absolute atomic E-state index is 0.0691.